The van der Waals surface area contributed by atoms with Crippen LogP contribution in [0.5, 0.6) is 0 Å². The Morgan fingerprint density at radius 3 is 2.83 bits per heavy atom. The van der Waals surface area contributed by atoms with Crippen LogP contribution in [0.25, 0.3) is 0 Å². The van der Waals surface area contributed by atoms with E-state index < -0.39 is 0 Å². The summed E-state index contributed by atoms with van der Waals surface area (Å²) in [6, 6.07) is 8.96. The van der Waals surface area contributed by atoms with Gasteiger partial charge in [-0.1, -0.05) is 25.5 Å². The number of rotatable bonds is 8. The molecular formula is C17H22N4O2. The Hall–Kier alpha value is -2.63. The fourth-order valence-corrected chi connectivity index (χ4v) is 2.01. The molecule has 0 saturated carbocycles. The van der Waals surface area contributed by atoms with Crippen LogP contribution in [0.2, 0.25) is 0 Å². The maximum atomic E-state index is 12.0. The van der Waals surface area contributed by atoms with E-state index in [4.69, 9.17) is 4.74 Å². The van der Waals surface area contributed by atoms with Crippen LogP contribution >= 0.6 is 0 Å². The normalized spacial score (nSPS) is 10.2. The molecule has 6 nitrogen and oxygen atoms in total. The maximum absolute atomic E-state index is 12.0. The molecule has 0 unspecified atom stereocenters. The number of benzene rings is 1. The number of anilines is 3. The van der Waals surface area contributed by atoms with Gasteiger partial charge >= 0.3 is 5.97 Å². The van der Waals surface area contributed by atoms with Crippen LogP contribution in [0.1, 0.15) is 37.0 Å². The van der Waals surface area contributed by atoms with E-state index in [-0.39, 0.29) is 5.97 Å². The molecule has 0 aliphatic carbocycles. The van der Waals surface area contributed by atoms with Gasteiger partial charge in [0.25, 0.3) is 0 Å². The minimum absolute atomic E-state index is 0.334. The molecule has 0 atom stereocenters. The van der Waals surface area contributed by atoms with E-state index in [0.717, 1.165) is 25.2 Å². The third-order valence-corrected chi connectivity index (χ3v) is 3.16. The molecule has 0 fully saturated rings. The molecule has 0 bridgehead atoms. The van der Waals surface area contributed by atoms with E-state index in [1.165, 1.54) is 0 Å². The first-order valence-electron chi connectivity index (χ1n) is 7.84. The third-order valence-electron chi connectivity index (χ3n) is 3.16. The lowest BCUT2D eigenvalue weighted by Gasteiger charge is -2.11. The van der Waals surface area contributed by atoms with E-state index in [1.54, 1.807) is 31.3 Å². The molecule has 6 heteroatoms. The van der Waals surface area contributed by atoms with E-state index in [1.807, 2.05) is 12.1 Å². The molecule has 0 aliphatic rings. The van der Waals surface area contributed by atoms with Crippen LogP contribution in [0.3, 0.4) is 0 Å². The molecule has 0 saturated heterocycles. The van der Waals surface area contributed by atoms with Crippen molar-refractivity contribution in [3.05, 3.63) is 42.1 Å². The highest BCUT2D eigenvalue weighted by Crippen LogP contribution is 2.20. The Kier molecular flexibility index (Phi) is 6.35. The smallest absolute Gasteiger partial charge is 0.340 e. The van der Waals surface area contributed by atoms with Gasteiger partial charge < -0.3 is 15.4 Å². The zero-order valence-electron chi connectivity index (χ0n) is 13.5. The number of hydrogen-bond donors (Lipinski definition) is 2. The first-order valence-corrected chi connectivity index (χ1v) is 7.84. The second-order valence-electron chi connectivity index (χ2n) is 4.94. The summed E-state index contributed by atoms with van der Waals surface area (Å²) in [5.74, 6) is 0.820. The van der Waals surface area contributed by atoms with Gasteiger partial charge in [-0.25, -0.2) is 9.78 Å². The van der Waals surface area contributed by atoms with Gasteiger partial charge in [-0.2, -0.15) is 4.98 Å². The van der Waals surface area contributed by atoms with Gasteiger partial charge in [0.15, 0.2) is 0 Å². The predicted octanol–water partition coefficient (Wildman–Crippen LogP) is 3.61. The average Bonchev–Trinajstić information content (AvgIpc) is 2.56. The van der Waals surface area contributed by atoms with Gasteiger partial charge in [-0.3, -0.25) is 0 Å². The van der Waals surface area contributed by atoms with Crippen LogP contribution in [0.15, 0.2) is 36.5 Å². The van der Waals surface area contributed by atoms with Gasteiger partial charge in [0, 0.05) is 12.7 Å². The molecule has 1 heterocycles. The zero-order valence-corrected chi connectivity index (χ0v) is 13.5. The highest BCUT2D eigenvalue weighted by atomic mass is 16.5. The Bertz CT molecular complexity index is 646. The second-order valence-corrected chi connectivity index (χ2v) is 4.94. The molecule has 0 amide bonds. The molecular weight excluding hydrogens is 292 g/mol. The molecule has 1 aromatic carbocycles. The van der Waals surface area contributed by atoms with Crippen LogP contribution in [-0.4, -0.2) is 29.1 Å². The van der Waals surface area contributed by atoms with E-state index in [2.05, 4.69) is 27.5 Å². The number of ether oxygens (including phenoxy) is 1. The largest absolute Gasteiger partial charge is 0.462 e. The van der Waals surface area contributed by atoms with Crippen molar-refractivity contribution in [3.8, 4) is 0 Å². The minimum atomic E-state index is -0.368. The van der Waals surface area contributed by atoms with Crippen molar-refractivity contribution in [2.45, 2.75) is 26.7 Å². The predicted molar refractivity (Wildman–Crippen MR) is 91.1 cm³/mol. The number of nitrogens with one attached hydrogen (secondary N) is 2. The van der Waals surface area contributed by atoms with E-state index in [9.17, 15) is 4.79 Å². The van der Waals surface area contributed by atoms with Gasteiger partial charge in [-0.15, -0.1) is 0 Å². The van der Waals surface area contributed by atoms with Crippen molar-refractivity contribution in [3.63, 3.8) is 0 Å². The van der Waals surface area contributed by atoms with E-state index >= 15 is 0 Å². The molecule has 1 aromatic heterocycles. The number of unbranched alkanes of at least 4 members (excludes halogenated alkanes) is 1. The number of para-hydroxylation sites is 1. The summed E-state index contributed by atoms with van der Waals surface area (Å²) in [5, 5.41) is 6.33. The maximum Gasteiger partial charge on any atom is 0.340 e. The van der Waals surface area contributed by atoms with E-state index in [0.29, 0.717) is 23.8 Å². The molecule has 0 spiro atoms. The number of hydrogen-bond acceptors (Lipinski definition) is 6. The first-order chi connectivity index (χ1) is 11.2. The SMILES string of the molecule is CCCCNc1ccnc(Nc2ccccc2C(=O)OCC)n1. The summed E-state index contributed by atoms with van der Waals surface area (Å²) in [6.45, 7) is 5.12. The Morgan fingerprint density at radius 1 is 1.22 bits per heavy atom. The van der Waals surface area contributed by atoms with Gasteiger partial charge in [-0.05, 0) is 31.5 Å². The van der Waals surface area contributed by atoms with Crippen molar-refractivity contribution in [2.24, 2.45) is 0 Å². The van der Waals surface area contributed by atoms with Crippen LogP contribution in [-0.2, 0) is 4.74 Å². The summed E-state index contributed by atoms with van der Waals surface area (Å²) in [5.41, 5.74) is 1.08. The molecule has 2 rings (SSSR count). The number of esters is 1. The Morgan fingerprint density at radius 2 is 2.04 bits per heavy atom. The monoisotopic (exact) mass is 314 g/mol. The van der Waals surface area contributed by atoms with Crippen molar-refractivity contribution in [1.82, 2.24) is 9.97 Å². The summed E-state index contributed by atoms with van der Waals surface area (Å²) < 4.78 is 5.06. The third kappa shape index (κ3) is 4.95. The van der Waals surface area contributed by atoms with Crippen molar-refractivity contribution < 1.29 is 9.53 Å². The molecule has 23 heavy (non-hydrogen) atoms. The molecule has 2 N–H and O–H groups in total. The van der Waals surface area contributed by atoms with Crippen molar-refractivity contribution in [1.29, 1.82) is 0 Å². The topological polar surface area (TPSA) is 76.1 Å². The molecule has 2 aromatic rings. The summed E-state index contributed by atoms with van der Waals surface area (Å²) in [4.78, 5) is 20.6. The van der Waals surface area contributed by atoms with Gasteiger partial charge in [0.2, 0.25) is 5.95 Å². The van der Waals surface area contributed by atoms with Crippen LogP contribution < -0.4 is 10.6 Å². The lowest BCUT2D eigenvalue weighted by molar-refractivity contribution is 0.0527. The number of nitrogens with zero attached hydrogens (tertiary/aromatic N) is 2. The quantitative estimate of drug-likeness (QED) is 0.572. The molecule has 0 aliphatic heterocycles. The number of aromatic nitrogens is 2. The highest BCUT2D eigenvalue weighted by Gasteiger charge is 2.12. The molecule has 122 valence electrons. The standard InChI is InChI=1S/C17H22N4O2/c1-3-5-11-18-15-10-12-19-17(21-15)20-14-9-7-6-8-13(14)16(22)23-4-2/h6-10,12H,3-5,11H2,1-2H3,(H2,18,19,20,21). The minimum Gasteiger partial charge on any atom is -0.462 e. The fourth-order valence-electron chi connectivity index (χ4n) is 2.01. The number of carbonyl (C=O) groups is 1. The summed E-state index contributed by atoms with van der Waals surface area (Å²) in [6.07, 6.45) is 3.88. The fraction of sp³-hybridized carbons (Fsp3) is 0.353. The Labute approximate surface area is 136 Å². The average molecular weight is 314 g/mol. The first kappa shape index (κ1) is 16.7. The van der Waals surface area contributed by atoms with Gasteiger partial charge in [0.1, 0.15) is 5.82 Å². The summed E-state index contributed by atoms with van der Waals surface area (Å²) in [7, 11) is 0. The zero-order chi connectivity index (χ0) is 16.5. The van der Waals surface area contributed by atoms with Gasteiger partial charge in [0.05, 0.1) is 17.9 Å². The molecule has 0 radical (unpaired) electrons. The summed E-state index contributed by atoms with van der Waals surface area (Å²) >= 11 is 0. The lowest BCUT2D eigenvalue weighted by atomic mass is 10.2. The van der Waals surface area contributed by atoms with Crippen molar-refractivity contribution in [2.75, 3.05) is 23.8 Å². The Balaban J connectivity index is 2.13. The van der Waals surface area contributed by atoms with Crippen LogP contribution in [0.4, 0.5) is 17.5 Å². The lowest BCUT2D eigenvalue weighted by Crippen LogP contribution is -2.09. The highest BCUT2D eigenvalue weighted by molar-refractivity contribution is 5.96. The van der Waals surface area contributed by atoms with Crippen molar-refractivity contribution >= 4 is 23.4 Å². The van der Waals surface area contributed by atoms with Crippen LogP contribution in [0, 0.1) is 0 Å². The number of carbonyl (C=O) groups excluding carboxylic acids is 1. The second kappa shape index (κ2) is 8.73.